The van der Waals surface area contributed by atoms with Crippen LogP contribution in [0.4, 0.5) is 0 Å². The molecule has 0 bridgehead atoms. The second kappa shape index (κ2) is 6.32. The van der Waals surface area contributed by atoms with Gasteiger partial charge in [0.15, 0.2) is 5.78 Å². The van der Waals surface area contributed by atoms with Crippen molar-refractivity contribution in [2.75, 3.05) is 0 Å². The summed E-state index contributed by atoms with van der Waals surface area (Å²) < 4.78 is 0. The average Bonchev–Trinajstić information content (AvgIpc) is 2.88. The summed E-state index contributed by atoms with van der Waals surface area (Å²) in [5.74, 6) is -2.01. The van der Waals surface area contributed by atoms with Crippen LogP contribution in [-0.2, 0) is 4.79 Å². The lowest BCUT2D eigenvalue weighted by molar-refractivity contribution is -0.138. The van der Waals surface area contributed by atoms with Crippen molar-refractivity contribution in [3.63, 3.8) is 0 Å². The molecule has 0 unspecified atom stereocenters. The lowest BCUT2D eigenvalue weighted by Crippen LogP contribution is -2.17. The highest BCUT2D eigenvalue weighted by Crippen LogP contribution is 2.32. The van der Waals surface area contributed by atoms with E-state index in [0.717, 1.165) is 22.2 Å². The van der Waals surface area contributed by atoms with E-state index in [2.05, 4.69) is 4.98 Å². The lowest BCUT2D eigenvalue weighted by Gasteiger charge is -2.13. The maximum absolute atomic E-state index is 12.5. The van der Waals surface area contributed by atoms with Gasteiger partial charge in [0, 0.05) is 28.6 Å². The van der Waals surface area contributed by atoms with Gasteiger partial charge in [0.1, 0.15) is 0 Å². The van der Waals surface area contributed by atoms with E-state index in [0.29, 0.717) is 11.1 Å². The molecule has 4 heteroatoms. The summed E-state index contributed by atoms with van der Waals surface area (Å²) in [5, 5.41) is 10.6. The Kier molecular flexibility index (Phi) is 4.21. The molecule has 0 spiro atoms. The van der Waals surface area contributed by atoms with E-state index in [-0.39, 0.29) is 12.2 Å². The highest BCUT2D eigenvalue weighted by atomic mass is 16.4. The van der Waals surface area contributed by atoms with Crippen LogP contribution >= 0.6 is 0 Å². The number of para-hydroxylation sites is 1. The number of carbonyl (C=O) groups is 2. The number of benzene rings is 2. The molecule has 2 N–H and O–H groups in total. The number of Topliss-reactive ketones (excluding diaryl/α,β-unsaturated/α-hetero) is 1. The molecule has 0 aliphatic rings. The molecule has 0 amide bonds. The first-order chi connectivity index (χ1) is 11.5. The second-order valence-electron chi connectivity index (χ2n) is 6.09. The molecular formula is C20H19NO3. The zero-order valence-corrected chi connectivity index (χ0v) is 13.7. The molecule has 122 valence electrons. The molecule has 24 heavy (non-hydrogen) atoms. The fourth-order valence-corrected chi connectivity index (χ4v) is 3.10. The van der Waals surface area contributed by atoms with Gasteiger partial charge in [-0.3, -0.25) is 9.59 Å². The number of hydrogen-bond acceptors (Lipinski definition) is 2. The van der Waals surface area contributed by atoms with E-state index in [1.807, 2.05) is 50.2 Å². The van der Waals surface area contributed by atoms with E-state index in [9.17, 15) is 14.7 Å². The van der Waals surface area contributed by atoms with Gasteiger partial charge in [-0.05, 0) is 25.5 Å². The monoisotopic (exact) mass is 321 g/mol. The number of aromatic amines is 1. The average molecular weight is 321 g/mol. The molecule has 0 radical (unpaired) electrons. The van der Waals surface area contributed by atoms with Crippen LogP contribution in [0.5, 0.6) is 0 Å². The fourth-order valence-electron chi connectivity index (χ4n) is 3.10. The number of hydrogen-bond donors (Lipinski definition) is 2. The van der Waals surface area contributed by atoms with Crippen molar-refractivity contribution >= 4 is 22.7 Å². The summed E-state index contributed by atoms with van der Waals surface area (Å²) >= 11 is 0. The van der Waals surface area contributed by atoms with Crippen LogP contribution < -0.4 is 0 Å². The standard InChI is InChI=1S/C20H19NO3/c1-12-7-9-14(10-8-12)18(22)11-16(20(23)24)19-13(2)21-17-6-4-3-5-15(17)19/h3-10,16,21H,11H2,1-2H3,(H,23,24)/t16-/m1/s1. The van der Waals surface area contributed by atoms with Gasteiger partial charge in [-0.1, -0.05) is 48.0 Å². The fraction of sp³-hybridized carbons (Fsp3) is 0.200. The molecule has 0 saturated carbocycles. The number of ketones is 1. The molecule has 1 atom stereocenters. The zero-order chi connectivity index (χ0) is 17.3. The van der Waals surface area contributed by atoms with Crippen molar-refractivity contribution in [3.8, 4) is 0 Å². The Balaban J connectivity index is 1.98. The minimum atomic E-state index is -0.983. The molecule has 0 aliphatic carbocycles. The molecule has 3 aromatic rings. The Hall–Kier alpha value is -2.88. The van der Waals surface area contributed by atoms with Gasteiger partial charge in [-0.2, -0.15) is 0 Å². The number of carboxylic acid groups (broad SMARTS) is 1. The number of rotatable bonds is 5. The highest BCUT2D eigenvalue weighted by molar-refractivity contribution is 6.00. The van der Waals surface area contributed by atoms with Gasteiger partial charge >= 0.3 is 5.97 Å². The first-order valence-electron chi connectivity index (χ1n) is 7.87. The van der Waals surface area contributed by atoms with Gasteiger partial charge in [0.25, 0.3) is 0 Å². The minimum Gasteiger partial charge on any atom is -0.481 e. The highest BCUT2D eigenvalue weighted by Gasteiger charge is 2.28. The Morgan fingerprint density at radius 3 is 2.38 bits per heavy atom. The van der Waals surface area contributed by atoms with Crippen molar-refractivity contribution in [1.29, 1.82) is 0 Å². The van der Waals surface area contributed by atoms with Crippen molar-refractivity contribution in [2.24, 2.45) is 0 Å². The van der Waals surface area contributed by atoms with Gasteiger partial charge in [0.2, 0.25) is 0 Å². The molecule has 0 saturated heterocycles. The van der Waals surface area contributed by atoms with Crippen LogP contribution in [0.25, 0.3) is 10.9 Å². The maximum atomic E-state index is 12.5. The predicted molar refractivity (Wildman–Crippen MR) is 93.5 cm³/mol. The third kappa shape index (κ3) is 2.95. The van der Waals surface area contributed by atoms with Crippen LogP contribution in [0, 0.1) is 13.8 Å². The summed E-state index contributed by atoms with van der Waals surface area (Å²) in [5.41, 5.74) is 3.98. The molecule has 2 aromatic carbocycles. The topological polar surface area (TPSA) is 70.2 Å². The Labute approximate surface area is 140 Å². The number of fused-ring (bicyclic) bond motifs is 1. The Morgan fingerprint density at radius 2 is 1.71 bits per heavy atom. The SMILES string of the molecule is Cc1ccc(C(=O)C[C@@H](C(=O)O)c2c(C)[nH]c3ccccc23)cc1. The molecule has 0 aliphatic heterocycles. The van der Waals surface area contributed by atoms with Crippen LogP contribution in [0.3, 0.4) is 0 Å². The van der Waals surface area contributed by atoms with Crippen LogP contribution in [0.15, 0.2) is 48.5 Å². The van der Waals surface area contributed by atoms with Crippen molar-refractivity contribution in [2.45, 2.75) is 26.2 Å². The van der Waals surface area contributed by atoms with E-state index >= 15 is 0 Å². The number of nitrogens with one attached hydrogen (secondary N) is 1. The minimum absolute atomic E-state index is 0.0545. The van der Waals surface area contributed by atoms with E-state index < -0.39 is 11.9 Å². The van der Waals surface area contributed by atoms with E-state index in [1.54, 1.807) is 12.1 Å². The molecule has 1 heterocycles. The third-order valence-corrected chi connectivity index (χ3v) is 4.35. The van der Waals surface area contributed by atoms with Gasteiger partial charge in [-0.25, -0.2) is 0 Å². The first-order valence-corrected chi connectivity index (χ1v) is 7.87. The van der Waals surface area contributed by atoms with E-state index in [1.165, 1.54) is 0 Å². The number of aryl methyl sites for hydroxylation is 2. The predicted octanol–water partition coefficient (Wildman–Crippen LogP) is 4.23. The third-order valence-electron chi connectivity index (χ3n) is 4.35. The quantitative estimate of drug-likeness (QED) is 0.691. The maximum Gasteiger partial charge on any atom is 0.311 e. The van der Waals surface area contributed by atoms with Gasteiger partial charge in [0.05, 0.1) is 5.92 Å². The molecule has 0 fully saturated rings. The lowest BCUT2D eigenvalue weighted by atomic mass is 9.89. The van der Waals surface area contributed by atoms with Crippen LogP contribution in [0.1, 0.15) is 39.5 Å². The summed E-state index contributed by atoms with van der Waals surface area (Å²) in [6, 6.07) is 14.8. The molecule has 4 nitrogen and oxygen atoms in total. The summed E-state index contributed by atoms with van der Waals surface area (Å²) in [6.07, 6.45) is -0.0545. The summed E-state index contributed by atoms with van der Waals surface area (Å²) in [4.78, 5) is 27.6. The van der Waals surface area contributed by atoms with Crippen molar-refractivity contribution in [3.05, 3.63) is 70.9 Å². The van der Waals surface area contributed by atoms with Crippen LogP contribution in [0.2, 0.25) is 0 Å². The second-order valence-corrected chi connectivity index (χ2v) is 6.09. The largest absolute Gasteiger partial charge is 0.481 e. The van der Waals surface area contributed by atoms with Crippen molar-refractivity contribution < 1.29 is 14.7 Å². The number of aromatic nitrogens is 1. The van der Waals surface area contributed by atoms with Gasteiger partial charge in [-0.15, -0.1) is 0 Å². The number of carbonyl (C=O) groups excluding carboxylic acids is 1. The zero-order valence-electron chi connectivity index (χ0n) is 13.7. The number of carboxylic acids is 1. The van der Waals surface area contributed by atoms with Gasteiger partial charge < -0.3 is 10.1 Å². The first kappa shape index (κ1) is 16.0. The number of H-pyrrole nitrogens is 1. The molecular weight excluding hydrogens is 302 g/mol. The summed E-state index contributed by atoms with van der Waals surface area (Å²) in [7, 11) is 0. The molecule has 1 aromatic heterocycles. The summed E-state index contributed by atoms with van der Waals surface area (Å²) in [6.45, 7) is 3.80. The Bertz CT molecular complexity index is 906. The van der Waals surface area contributed by atoms with E-state index in [4.69, 9.17) is 0 Å². The number of aliphatic carboxylic acids is 1. The smallest absolute Gasteiger partial charge is 0.311 e. The van der Waals surface area contributed by atoms with Crippen molar-refractivity contribution in [1.82, 2.24) is 4.98 Å². The normalized spacial score (nSPS) is 12.2. The Morgan fingerprint density at radius 1 is 1.04 bits per heavy atom. The molecule has 3 rings (SSSR count). The van der Waals surface area contributed by atoms with Crippen LogP contribution in [-0.4, -0.2) is 21.8 Å².